The number of ether oxygens (including phenoxy) is 2. The summed E-state index contributed by atoms with van der Waals surface area (Å²) in [4.78, 5) is 2.55. The van der Waals surface area contributed by atoms with Crippen molar-refractivity contribution in [1.82, 2.24) is 4.57 Å². The largest absolute Gasteiger partial charge is 0.457 e. The summed E-state index contributed by atoms with van der Waals surface area (Å²) in [5, 5.41) is 2.42. The molecule has 0 unspecified atom stereocenters. The molecular formula is C76H60N2O2. The third-order valence-corrected chi connectivity index (χ3v) is 17.5. The van der Waals surface area contributed by atoms with Crippen molar-refractivity contribution in [2.75, 3.05) is 4.90 Å². The monoisotopic (exact) mass is 1030 g/mol. The SMILES string of the molecule is CC(C)(C)c1ccc2c(c1)C1(c3cc(C(C)(C)C)ccc3O2)c2ccccc2-c2c(N(c3ccc4c(c3)C(c3ccccc3)(c3ccccc3)c3ccccc3O4)c3ccccc3-n3c4ccccc4c4ccccc43)cccc21. The first-order valence-corrected chi connectivity index (χ1v) is 28.1. The smallest absolute Gasteiger partial charge is 0.132 e. The number of hydrogen-bond donors (Lipinski definition) is 0. The van der Waals surface area contributed by atoms with Crippen molar-refractivity contribution in [2.45, 2.75) is 63.2 Å². The molecule has 0 atom stereocenters. The first kappa shape index (κ1) is 47.8. The van der Waals surface area contributed by atoms with Gasteiger partial charge in [0.1, 0.15) is 23.0 Å². The Balaban J connectivity index is 1.08. The van der Waals surface area contributed by atoms with Gasteiger partial charge < -0.3 is 18.9 Å². The molecule has 15 rings (SSSR count). The molecule has 80 heavy (non-hydrogen) atoms. The molecule has 3 aliphatic rings. The van der Waals surface area contributed by atoms with Crippen LogP contribution in [0.1, 0.15) is 97.2 Å². The first-order chi connectivity index (χ1) is 39.0. The topological polar surface area (TPSA) is 26.6 Å². The summed E-state index contributed by atoms with van der Waals surface area (Å²) < 4.78 is 16.7. The Morgan fingerprint density at radius 3 is 1.43 bits per heavy atom. The predicted molar refractivity (Wildman–Crippen MR) is 329 cm³/mol. The van der Waals surface area contributed by atoms with Gasteiger partial charge in [-0.2, -0.15) is 0 Å². The van der Waals surface area contributed by atoms with Crippen LogP contribution in [0, 0.1) is 0 Å². The van der Waals surface area contributed by atoms with Crippen LogP contribution in [0.15, 0.2) is 255 Å². The number of nitrogens with zero attached hydrogens (tertiary/aromatic N) is 2. The van der Waals surface area contributed by atoms with E-state index in [2.05, 4.69) is 306 Å². The summed E-state index contributed by atoms with van der Waals surface area (Å²) >= 11 is 0. The van der Waals surface area contributed by atoms with Gasteiger partial charge in [-0.1, -0.05) is 217 Å². The van der Waals surface area contributed by atoms with Gasteiger partial charge in [0.15, 0.2) is 0 Å². The molecule has 12 aromatic rings. The fourth-order valence-corrected chi connectivity index (χ4v) is 13.9. The average molecular weight is 1030 g/mol. The second-order valence-electron chi connectivity index (χ2n) is 24.0. The van der Waals surface area contributed by atoms with Crippen LogP contribution in [0.5, 0.6) is 23.0 Å². The summed E-state index contributed by atoms with van der Waals surface area (Å²) in [6.07, 6.45) is 0. The van der Waals surface area contributed by atoms with Gasteiger partial charge in [0.25, 0.3) is 0 Å². The van der Waals surface area contributed by atoms with Crippen molar-refractivity contribution in [3.8, 4) is 39.8 Å². The van der Waals surface area contributed by atoms with Crippen LogP contribution in [-0.2, 0) is 21.7 Å². The molecule has 11 aromatic carbocycles. The van der Waals surface area contributed by atoms with Crippen LogP contribution < -0.4 is 14.4 Å². The molecule has 2 aliphatic heterocycles. The molecule has 4 heteroatoms. The zero-order chi connectivity index (χ0) is 54.1. The molecular weight excluding hydrogens is 973 g/mol. The Kier molecular flexibility index (Phi) is 10.5. The number of fused-ring (bicyclic) bond motifs is 14. The van der Waals surface area contributed by atoms with E-state index in [0.717, 1.165) is 90.2 Å². The van der Waals surface area contributed by atoms with E-state index in [-0.39, 0.29) is 10.8 Å². The summed E-state index contributed by atoms with van der Waals surface area (Å²) in [6, 6.07) is 94.2. The van der Waals surface area contributed by atoms with Crippen molar-refractivity contribution in [1.29, 1.82) is 0 Å². The van der Waals surface area contributed by atoms with Crippen LogP contribution in [0.25, 0.3) is 38.6 Å². The molecule has 0 saturated heterocycles. The van der Waals surface area contributed by atoms with Crippen LogP contribution in [-0.4, -0.2) is 4.57 Å². The van der Waals surface area contributed by atoms with Crippen LogP contribution in [0.3, 0.4) is 0 Å². The van der Waals surface area contributed by atoms with Crippen molar-refractivity contribution in [3.05, 3.63) is 310 Å². The highest BCUT2D eigenvalue weighted by Gasteiger charge is 2.53. The summed E-state index contributed by atoms with van der Waals surface area (Å²) in [7, 11) is 0. The minimum absolute atomic E-state index is 0.120. The van der Waals surface area contributed by atoms with Gasteiger partial charge in [-0.05, 0) is 129 Å². The van der Waals surface area contributed by atoms with Crippen molar-refractivity contribution in [2.24, 2.45) is 0 Å². The lowest BCUT2D eigenvalue weighted by Crippen LogP contribution is -2.34. The molecule has 1 aromatic heterocycles. The highest BCUT2D eigenvalue weighted by Crippen LogP contribution is 2.65. The zero-order valence-electron chi connectivity index (χ0n) is 46.0. The maximum absolute atomic E-state index is 7.12. The fraction of sp³-hybridized carbons (Fsp3) is 0.132. The highest BCUT2D eigenvalue weighted by atomic mass is 16.5. The first-order valence-electron chi connectivity index (χ1n) is 28.1. The Morgan fingerprint density at radius 1 is 0.350 bits per heavy atom. The predicted octanol–water partition coefficient (Wildman–Crippen LogP) is 19.8. The van der Waals surface area contributed by atoms with Gasteiger partial charge in [0.05, 0.1) is 38.9 Å². The van der Waals surface area contributed by atoms with Crippen molar-refractivity contribution >= 4 is 38.9 Å². The summed E-state index contributed by atoms with van der Waals surface area (Å²) in [5.41, 5.74) is 18.9. The Hall–Kier alpha value is -9.38. The van der Waals surface area contributed by atoms with Crippen molar-refractivity contribution in [3.63, 3.8) is 0 Å². The lowest BCUT2D eigenvalue weighted by Gasteiger charge is -2.42. The molecule has 0 N–H and O–H groups in total. The normalized spacial score (nSPS) is 14.3. The third kappa shape index (κ3) is 6.81. The van der Waals surface area contributed by atoms with Gasteiger partial charge in [0, 0.05) is 44.3 Å². The molecule has 1 spiro atoms. The quantitative estimate of drug-likeness (QED) is 0.166. The molecule has 4 nitrogen and oxygen atoms in total. The molecule has 0 fully saturated rings. The van der Waals surface area contributed by atoms with Gasteiger partial charge in [-0.15, -0.1) is 0 Å². The van der Waals surface area contributed by atoms with E-state index in [9.17, 15) is 0 Å². The van der Waals surface area contributed by atoms with Gasteiger partial charge in [-0.3, -0.25) is 0 Å². The second kappa shape index (κ2) is 17.6. The summed E-state index contributed by atoms with van der Waals surface area (Å²) in [6.45, 7) is 13.9. The standard InChI is InChI=1S/C76H60N2O2/c1-73(2,3)51-40-43-69-60(46-51)76(61-47-52(74(4,5)6)41-44-70(61)80-69)57-31-16-13-30-56(57)72-59(76)33-23-38-67(72)77(65-36-20-21-37-66(65)78-63-34-18-14-28-54(63)55-29-15-19-35-64(55)78)53-42-45-71-62(48-53)75(49-24-9-7-10-25-49,50-26-11-8-12-27-50)58-32-17-22-39-68(58)79-71/h7-48H,1-6H3. The Morgan fingerprint density at radius 2 is 0.812 bits per heavy atom. The minimum atomic E-state index is -0.749. The molecule has 1 aliphatic carbocycles. The Labute approximate surface area is 468 Å². The van der Waals surface area contributed by atoms with Gasteiger partial charge in [-0.25, -0.2) is 0 Å². The van der Waals surface area contributed by atoms with E-state index >= 15 is 0 Å². The average Bonchev–Trinajstić information content (AvgIpc) is 3.68. The van der Waals surface area contributed by atoms with E-state index in [0.29, 0.717) is 0 Å². The number of benzene rings is 11. The van der Waals surface area contributed by atoms with Crippen LogP contribution in [0.2, 0.25) is 0 Å². The van der Waals surface area contributed by atoms with E-state index in [1.165, 1.54) is 44.2 Å². The molecule has 3 heterocycles. The lowest BCUT2D eigenvalue weighted by molar-refractivity contribution is 0.433. The van der Waals surface area contributed by atoms with Crippen LogP contribution >= 0.6 is 0 Å². The second-order valence-corrected chi connectivity index (χ2v) is 24.0. The number of aromatic nitrogens is 1. The minimum Gasteiger partial charge on any atom is -0.457 e. The zero-order valence-corrected chi connectivity index (χ0v) is 46.0. The van der Waals surface area contributed by atoms with Crippen molar-refractivity contribution < 1.29 is 9.47 Å². The number of rotatable bonds is 6. The van der Waals surface area contributed by atoms with Gasteiger partial charge >= 0.3 is 0 Å². The molecule has 0 bridgehead atoms. The molecule has 0 amide bonds. The van der Waals surface area contributed by atoms with Gasteiger partial charge in [0.2, 0.25) is 0 Å². The Bertz CT molecular complexity index is 4300. The van der Waals surface area contributed by atoms with E-state index in [1.54, 1.807) is 0 Å². The lowest BCUT2D eigenvalue weighted by atomic mass is 9.63. The van der Waals surface area contributed by atoms with E-state index in [4.69, 9.17) is 9.47 Å². The molecule has 0 radical (unpaired) electrons. The number of para-hydroxylation sites is 5. The van der Waals surface area contributed by atoms with Crippen LogP contribution in [0.4, 0.5) is 17.1 Å². The maximum Gasteiger partial charge on any atom is 0.132 e. The fourth-order valence-electron chi connectivity index (χ4n) is 13.9. The van der Waals surface area contributed by atoms with E-state index in [1.807, 2.05) is 0 Å². The summed E-state index contributed by atoms with van der Waals surface area (Å²) in [5.74, 6) is 3.42. The highest BCUT2D eigenvalue weighted by molar-refractivity contribution is 6.10. The van der Waals surface area contributed by atoms with E-state index < -0.39 is 10.8 Å². The maximum atomic E-state index is 7.12. The number of anilines is 3. The number of hydrogen-bond acceptors (Lipinski definition) is 3. The third-order valence-electron chi connectivity index (χ3n) is 17.5. The molecule has 0 saturated carbocycles. The molecule has 386 valence electrons.